The normalized spacial score (nSPS) is 20.8. The minimum Gasteiger partial charge on any atom is -0.341 e. The summed E-state index contributed by atoms with van der Waals surface area (Å²) in [6.45, 7) is 7.04. The van der Waals surface area contributed by atoms with Crippen LogP contribution in [0.5, 0.6) is 0 Å². The van der Waals surface area contributed by atoms with Gasteiger partial charge in [-0.15, -0.1) is 0 Å². The average molecular weight is 613 g/mol. The molecule has 0 bridgehead atoms. The standard InChI is InChI=1S/C45H44N2/c1-45(2)40-29-31(22-25-37(40)38-26-24-35(30-41(38)45)46-27-9-14-33-11-3-5-18-42(33)46)21-23-32-13-7-17-39-36(32)16-8-20-44(39)47-28-10-15-34-12-4-6-19-43(34)47/h3-7,11-13,17-21,23-26,29-31H,8-10,14-16,22,27-28H2,1-2H3/b23-21+. The van der Waals surface area contributed by atoms with Crippen LogP contribution in [0.25, 0.3) is 17.3 Å². The van der Waals surface area contributed by atoms with Crippen LogP contribution < -0.4 is 9.80 Å². The van der Waals surface area contributed by atoms with Crippen molar-refractivity contribution < 1.29 is 0 Å². The second-order valence-electron chi connectivity index (χ2n) is 14.6. The van der Waals surface area contributed by atoms with Gasteiger partial charge in [0.1, 0.15) is 0 Å². The summed E-state index contributed by atoms with van der Waals surface area (Å²) in [6.07, 6.45) is 20.5. The van der Waals surface area contributed by atoms with E-state index in [-0.39, 0.29) is 5.41 Å². The lowest BCUT2D eigenvalue weighted by molar-refractivity contribution is 0.644. The van der Waals surface area contributed by atoms with Crippen LogP contribution in [0.15, 0.2) is 115 Å². The lowest BCUT2D eigenvalue weighted by atomic mass is 9.78. The van der Waals surface area contributed by atoms with E-state index in [9.17, 15) is 0 Å². The molecular weight excluding hydrogens is 569 g/mol. The molecule has 0 fully saturated rings. The highest BCUT2D eigenvalue weighted by Crippen LogP contribution is 2.53. The first-order valence-electron chi connectivity index (χ1n) is 17.9. The Morgan fingerprint density at radius 3 is 2.28 bits per heavy atom. The summed E-state index contributed by atoms with van der Waals surface area (Å²) in [5.74, 6) is 0.402. The molecule has 2 heterocycles. The predicted octanol–water partition coefficient (Wildman–Crippen LogP) is 10.8. The smallest absolute Gasteiger partial charge is 0.0447 e. The van der Waals surface area contributed by atoms with Gasteiger partial charge in [0, 0.05) is 46.8 Å². The summed E-state index contributed by atoms with van der Waals surface area (Å²) in [5, 5.41) is 0. The van der Waals surface area contributed by atoms with Gasteiger partial charge in [-0.1, -0.05) is 105 Å². The van der Waals surface area contributed by atoms with E-state index in [1.165, 1.54) is 98.5 Å². The van der Waals surface area contributed by atoms with Gasteiger partial charge >= 0.3 is 0 Å². The molecule has 2 heteroatoms. The molecule has 0 N–H and O–H groups in total. The lowest BCUT2D eigenvalue weighted by Crippen LogP contribution is -2.29. The highest BCUT2D eigenvalue weighted by molar-refractivity contribution is 5.92. The fraction of sp³-hybridized carbons (Fsp3) is 0.289. The zero-order valence-electron chi connectivity index (χ0n) is 27.8. The Balaban J connectivity index is 0.993. The molecule has 0 saturated heterocycles. The molecule has 4 aromatic carbocycles. The highest BCUT2D eigenvalue weighted by Gasteiger charge is 2.40. The van der Waals surface area contributed by atoms with Crippen LogP contribution in [-0.2, 0) is 24.7 Å². The molecule has 47 heavy (non-hydrogen) atoms. The number of rotatable bonds is 4. The van der Waals surface area contributed by atoms with Gasteiger partial charge in [-0.05, 0) is 120 Å². The second kappa shape index (κ2) is 11.3. The van der Waals surface area contributed by atoms with Crippen molar-refractivity contribution in [3.63, 3.8) is 0 Å². The number of anilines is 3. The SMILES string of the molecule is CC1(C)C2=CC(/C=C/c3cccc4c3CCC=C4N3CCCc4ccccc43)CC=C2c2ccc(N3CCCc4ccccc43)cc21. The maximum Gasteiger partial charge on any atom is 0.0447 e. The summed E-state index contributed by atoms with van der Waals surface area (Å²) in [7, 11) is 0. The second-order valence-corrected chi connectivity index (χ2v) is 14.6. The fourth-order valence-electron chi connectivity index (χ4n) is 9.08. The molecule has 234 valence electrons. The van der Waals surface area contributed by atoms with Gasteiger partial charge < -0.3 is 9.80 Å². The van der Waals surface area contributed by atoms with Gasteiger partial charge in [0.25, 0.3) is 0 Å². The zero-order valence-corrected chi connectivity index (χ0v) is 27.8. The van der Waals surface area contributed by atoms with E-state index in [0.717, 1.165) is 32.4 Å². The van der Waals surface area contributed by atoms with Crippen molar-refractivity contribution in [2.45, 2.75) is 64.2 Å². The Morgan fingerprint density at radius 1 is 0.723 bits per heavy atom. The number of allylic oxidation sites excluding steroid dienone is 6. The molecular formula is C45H44N2. The van der Waals surface area contributed by atoms with Gasteiger partial charge in [-0.25, -0.2) is 0 Å². The summed E-state index contributed by atoms with van der Waals surface area (Å²) in [5.41, 5.74) is 18.6. The van der Waals surface area contributed by atoms with E-state index < -0.39 is 0 Å². The van der Waals surface area contributed by atoms with Gasteiger partial charge in [0.15, 0.2) is 0 Å². The number of nitrogens with zero attached hydrogens (tertiary/aromatic N) is 2. The van der Waals surface area contributed by atoms with Crippen molar-refractivity contribution in [2.75, 3.05) is 22.9 Å². The Morgan fingerprint density at radius 2 is 1.47 bits per heavy atom. The number of benzene rings is 4. The van der Waals surface area contributed by atoms with E-state index in [4.69, 9.17) is 0 Å². The van der Waals surface area contributed by atoms with Crippen LogP contribution >= 0.6 is 0 Å². The maximum atomic E-state index is 2.58. The first-order valence-corrected chi connectivity index (χ1v) is 17.9. The fourth-order valence-corrected chi connectivity index (χ4v) is 9.08. The number of aryl methyl sites for hydroxylation is 2. The quantitative estimate of drug-likeness (QED) is 0.226. The van der Waals surface area contributed by atoms with Gasteiger partial charge in [-0.3, -0.25) is 0 Å². The third-order valence-electron chi connectivity index (χ3n) is 11.5. The number of hydrogen-bond acceptors (Lipinski definition) is 2. The van der Waals surface area contributed by atoms with Gasteiger partial charge in [0.2, 0.25) is 0 Å². The Labute approximate surface area is 280 Å². The molecule has 0 radical (unpaired) electrons. The molecule has 0 aromatic heterocycles. The monoisotopic (exact) mass is 612 g/mol. The number of para-hydroxylation sites is 2. The van der Waals surface area contributed by atoms with Gasteiger partial charge in [-0.2, -0.15) is 0 Å². The molecule has 0 spiro atoms. The summed E-state index contributed by atoms with van der Waals surface area (Å²) in [6, 6.07) is 32.1. The number of fused-ring (bicyclic) bond motifs is 6. The van der Waals surface area contributed by atoms with E-state index in [2.05, 4.69) is 139 Å². The molecule has 1 atom stereocenters. The Hall–Kier alpha value is -4.56. The van der Waals surface area contributed by atoms with Crippen molar-refractivity contribution in [1.29, 1.82) is 0 Å². The van der Waals surface area contributed by atoms with Crippen LogP contribution in [0.2, 0.25) is 0 Å². The largest absolute Gasteiger partial charge is 0.341 e. The first-order chi connectivity index (χ1) is 23.1. The molecule has 9 rings (SSSR count). The minimum atomic E-state index is -0.0185. The van der Waals surface area contributed by atoms with Gasteiger partial charge in [0.05, 0.1) is 0 Å². The van der Waals surface area contributed by atoms with Crippen molar-refractivity contribution in [3.8, 4) is 0 Å². The highest BCUT2D eigenvalue weighted by atomic mass is 15.2. The van der Waals surface area contributed by atoms with E-state index >= 15 is 0 Å². The number of hydrogen-bond donors (Lipinski definition) is 0. The Kier molecular flexibility index (Phi) is 6.89. The average Bonchev–Trinajstić information content (AvgIpc) is 3.35. The molecule has 4 aromatic rings. The topological polar surface area (TPSA) is 6.48 Å². The van der Waals surface area contributed by atoms with Crippen LogP contribution in [0.1, 0.15) is 78.5 Å². The van der Waals surface area contributed by atoms with Crippen molar-refractivity contribution >= 4 is 34.4 Å². The zero-order chi connectivity index (χ0) is 31.5. The molecule has 2 aliphatic heterocycles. The lowest BCUT2D eigenvalue weighted by Gasteiger charge is -2.35. The summed E-state index contributed by atoms with van der Waals surface area (Å²) in [4.78, 5) is 5.12. The molecule has 0 saturated carbocycles. The van der Waals surface area contributed by atoms with Crippen molar-refractivity contribution in [3.05, 3.63) is 154 Å². The van der Waals surface area contributed by atoms with Crippen LogP contribution in [-0.4, -0.2) is 13.1 Å². The van der Waals surface area contributed by atoms with Crippen LogP contribution in [0.3, 0.4) is 0 Å². The van der Waals surface area contributed by atoms with Crippen LogP contribution in [0, 0.1) is 5.92 Å². The van der Waals surface area contributed by atoms with Crippen LogP contribution in [0.4, 0.5) is 17.1 Å². The first kappa shape index (κ1) is 28.6. The Bertz CT molecular complexity index is 2020. The molecule has 0 amide bonds. The van der Waals surface area contributed by atoms with Crippen molar-refractivity contribution in [2.24, 2.45) is 5.92 Å². The summed E-state index contributed by atoms with van der Waals surface area (Å²) >= 11 is 0. The summed E-state index contributed by atoms with van der Waals surface area (Å²) < 4.78 is 0. The molecule has 1 unspecified atom stereocenters. The van der Waals surface area contributed by atoms with Crippen molar-refractivity contribution in [1.82, 2.24) is 0 Å². The third kappa shape index (κ3) is 4.75. The van der Waals surface area contributed by atoms with E-state index in [0.29, 0.717) is 5.92 Å². The van der Waals surface area contributed by atoms with E-state index in [1.807, 2.05) is 0 Å². The molecule has 5 aliphatic rings. The third-order valence-corrected chi connectivity index (χ3v) is 11.5. The predicted molar refractivity (Wildman–Crippen MR) is 199 cm³/mol. The minimum absolute atomic E-state index is 0.0185. The maximum absolute atomic E-state index is 2.58. The molecule has 2 nitrogen and oxygen atoms in total. The van der Waals surface area contributed by atoms with E-state index in [1.54, 1.807) is 0 Å². The molecule has 3 aliphatic carbocycles.